The fourth-order valence-electron chi connectivity index (χ4n) is 2.95. The molecule has 13 heteroatoms. The highest BCUT2D eigenvalue weighted by atomic mass is 79.9. The number of aromatic nitrogens is 6. The number of urea groups is 1. The Morgan fingerprint density at radius 1 is 1.12 bits per heavy atom. The second-order valence-electron chi connectivity index (χ2n) is 6.94. The molecule has 0 saturated heterocycles. The summed E-state index contributed by atoms with van der Waals surface area (Å²) in [5, 5.41) is 10.2. The Morgan fingerprint density at radius 2 is 1.91 bits per heavy atom. The maximum Gasteiger partial charge on any atom is 0.319 e. The quantitative estimate of drug-likeness (QED) is 0.304. The first-order chi connectivity index (χ1) is 16.4. The zero-order valence-corrected chi connectivity index (χ0v) is 20.7. The Kier molecular flexibility index (Phi) is 7.56. The zero-order valence-electron chi connectivity index (χ0n) is 17.6. The molecule has 4 aromatic rings. The number of rotatable bonds is 7. The Bertz CT molecular complexity index is 1310. The first-order valence-corrected chi connectivity index (χ1v) is 11.4. The minimum Gasteiger partial charge on any atom is -0.487 e. The number of amides is 2. The van der Waals surface area contributed by atoms with Gasteiger partial charge in [-0.3, -0.25) is 0 Å². The molecule has 3 aromatic heterocycles. The van der Waals surface area contributed by atoms with Crippen molar-refractivity contribution in [3.05, 3.63) is 81.3 Å². The van der Waals surface area contributed by atoms with E-state index in [-0.39, 0.29) is 11.6 Å². The fraction of sp³-hybridized carbons (Fsp3) is 0.143. The van der Waals surface area contributed by atoms with E-state index in [2.05, 4.69) is 51.6 Å². The van der Waals surface area contributed by atoms with E-state index >= 15 is 0 Å². The second kappa shape index (κ2) is 10.8. The molecule has 2 amide bonds. The van der Waals surface area contributed by atoms with E-state index in [1.54, 1.807) is 37.6 Å². The number of nitrogens with one attached hydrogen (secondary N) is 2. The van der Waals surface area contributed by atoms with Crippen LogP contribution in [-0.2, 0) is 6.61 Å². The van der Waals surface area contributed by atoms with Crippen LogP contribution in [0.25, 0.3) is 5.95 Å². The Hall–Kier alpha value is -3.28. The summed E-state index contributed by atoms with van der Waals surface area (Å²) in [6, 6.07) is 7.38. The highest BCUT2D eigenvalue weighted by Crippen LogP contribution is 2.35. The number of pyridine rings is 1. The minimum atomic E-state index is -0.516. The summed E-state index contributed by atoms with van der Waals surface area (Å²) in [4.78, 5) is 29.3. The summed E-state index contributed by atoms with van der Waals surface area (Å²) in [5.41, 5.74) is 1.22. The topological polar surface area (TPSA) is 120 Å². The molecule has 0 aliphatic heterocycles. The monoisotopic (exact) mass is 562 g/mol. The molecule has 2 N–H and O–H groups in total. The van der Waals surface area contributed by atoms with Crippen molar-refractivity contribution in [3.8, 4) is 11.7 Å². The van der Waals surface area contributed by atoms with Gasteiger partial charge in [0.2, 0.25) is 0 Å². The van der Waals surface area contributed by atoms with E-state index in [1.807, 2.05) is 12.1 Å². The molecule has 0 spiro atoms. The lowest BCUT2D eigenvalue weighted by Gasteiger charge is -2.16. The molecule has 0 radical (unpaired) electrons. The molecule has 34 heavy (non-hydrogen) atoms. The maximum atomic E-state index is 12.7. The van der Waals surface area contributed by atoms with Gasteiger partial charge in [0.05, 0.1) is 21.8 Å². The number of carbonyl (C=O) groups is 1. The third-order valence-electron chi connectivity index (χ3n) is 4.51. The van der Waals surface area contributed by atoms with Crippen LogP contribution >= 0.6 is 39.1 Å². The van der Waals surface area contributed by atoms with Crippen molar-refractivity contribution in [2.45, 2.75) is 19.6 Å². The van der Waals surface area contributed by atoms with Crippen molar-refractivity contribution in [3.63, 3.8) is 0 Å². The molecule has 10 nitrogen and oxygen atoms in total. The van der Waals surface area contributed by atoms with Crippen LogP contribution in [0.5, 0.6) is 5.75 Å². The van der Waals surface area contributed by atoms with Gasteiger partial charge in [-0.1, -0.05) is 23.2 Å². The number of nitrogens with zero attached hydrogens (tertiary/aromatic N) is 6. The van der Waals surface area contributed by atoms with E-state index in [9.17, 15) is 4.79 Å². The van der Waals surface area contributed by atoms with Crippen molar-refractivity contribution in [2.24, 2.45) is 0 Å². The first-order valence-electron chi connectivity index (χ1n) is 9.88. The van der Waals surface area contributed by atoms with Gasteiger partial charge in [0.1, 0.15) is 23.3 Å². The van der Waals surface area contributed by atoms with Crippen LogP contribution in [0, 0.1) is 0 Å². The summed E-state index contributed by atoms with van der Waals surface area (Å²) in [7, 11) is 0. The van der Waals surface area contributed by atoms with Crippen molar-refractivity contribution >= 4 is 50.9 Å². The Morgan fingerprint density at radius 3 is 2.68 bits per heavy atom. The molecule has 0 bridgehead atoms. The molecule has 1 atom stereocenters. The van der Waals surface area contributed by atoms with Gasteiger partial charge in [0.25, 0.3) is 5.95 Å². The van der Waals surface area contributed by atoms with Crippen LogP contribution in [0.3, 0.4) is 0 Å². The minimum absolute atomic E-state index is 0.252. The summed E-state index contributed by atoms with van der Waals surface area (Å²) < 4.78 is 7.95. The van der Waals surface area contributed by atoms with Gasteiger partial charge in [-0.15, -0.1) is 0 Å². The molecule has 174 valence electrons. The molecule has 1 unspecified atom stereocenters. The van der Waals surface area contributed by atoms with Gasteiger partial charge < -0.3 is 15.4 Å². The van der Waals surface area contributed by atoms with E-state index < -0.39 is 12.1 Å². The Balaban J connectivity index is 1.44. The van der Waals surface area contributed by atoms with Gasteiger partial charge in [0.15, 0.2) is 5.82 Å². The summed E-state index contributed by atoms with van der Waals surface area (Å²) in [6.07, 6.45) is 6.21. The van der Waals surface area contributed by atoms with Crippen molar-refractivity contribution < 1.29 is 9.53 Å². The molecule has 0 fully saturated rings. The number of halogens is 3. The summed E-state index contributed by atoms with van der Waals surface area (Å²) in [6.45, 7) is 2.01. The van der Waals surface area contributed by atoms with E-state index in [4.69, 9.17) is 27.9 Å². The molecule has 4 rings (SSSR count). The summed E-state index contributed by atoms with van der Waals surface area (Å²) in [5.74, 6) is 1.16. The average molecular weight is 564 g/mol. The van der Waals surface area contributed by atoms with Gasteiger partial charge in [-0.05, 0) is 52.7 Å². The summed E-state index contributed by atoms with van der Waals surface area (Å²) >= 11 is 15.9. The number of ether oxygens (including phenoxy) is 1. The highest BCUT2D eigenvalue weighted by molar-refractivity contribution is 9.10. The van der Waals surface area contributed by atoms with Gasteiger partial charge in [-0.25, -0.2) is 24.7 Å². The van der Waals surface area contributed by atoms with Crippen LogP contribution in [0.15, 0.2) is 59.9 Å². The number of hydrogen-bond donors (Lipinski definition) is 2. The van der Waals surface area contributed by atoms with Gasteiger partial charge in [0, 0.05) is 24.7 Å². The number of benzene rings is 1. The number of hydrogen-bond acceptors (Lipinski definition) is 7. The van der Waals surface area contributed by atoms with Crippen LogP contribution in [0.2, 0.25) is 10.0 Å². The highest BCUT2D eigenvalue weighted by Gasteiger charge is 2.19. The predicted octanol–water partition coefficient (Wildman–Crippen LogP) is 4.98. The second-order valence-corrected chi connectivity index (χ2v) is 8.56. The van der Waals surface area contributed by atoms with E-state index in [0.717, 1.165) is 5.56 Å². The van der Waals surface area contributed by atoms with Crippen LogP contribution < -0.4 is 15.4 Å². The van der Waals surface area contributed by atoms with Gasteiger partial charge >= 0.3 is 6.03 Å². The molecule has 3 heterocycles. The molecule has 0 aliphatic carbocycles. The van der Waals surface area contributed by atoms with Crippen molar-refractivity contribution in [1.82, 2.24) is 35.0 Å². The number of carbonyl (C=O) groups excluding carboxylic acids is 1. The van der Waals surface area contributed by atoms with Crippen molar-refractivity contribution in [2.75, 3.05) is 5.32 Å². The van der Waals surface area contributed by atoms with Crippen LogP contribution in [-0.4, -0.2) is 35.7 Å². The molecule has 0 aliphatic rings. The van der Waals surface area contributed by atoms with Crippen LogP contribution in [0.1, 0.15) is 24.4 Å². The maximum absolute atomic E-state index is 12.7. The molecule has 1 aromatic carbocycles. The standard InChI is InChI=1S/C21H17BrCl2N8O2/c1-12(19-28-11-29-32(19)20-26-4-2-5-27-20)30-21(33)31-16-9-17(15(24)8-14(16)23)34-10-13-3-6-25-18(22)7-13/h2-9,11-12H,10H2,1H3,(H2,30,31,33). The third-order valence-corrected chi connectivity index (χ3v) is 5.55. The SMILES string of the molecule is CC(NC(=O)Nc1cc(OCc2ccnc(Br)c2)c(Cl)cc1Cl)c1ncnn1-c1ncccn1. The number of anilines is 1. The van der Waals surface area contributed by atoms with E-state index in [1.165, 1.54) is 17.1 Å². The molecular formula is C21H17BrCl2N8O2. The predicted molar refractivity (Wildman–Crippen MR) is 130 cm³/mol. The lowest BCUT2D eigenvalue weighted by molar-refractivity contribution is 0.248. The molecular weight excluding hydrogens is 547 g/mol. The Labute approximate surface area is 212 Å². The zero-order chi connectivity index (χ0) is 24.1. The molecule has 0 saturated carbocycles. The normalized spacial score (nSPS) is 11.6. The fourth-order valence-corrected chi connectivity index (χ4v) is 3.85. The van der Waals surface area contributed by atoms with Gasteiger partial charge in [-0.2, -0.15) is 9.78 Å². The average Bonchev–Trinajstić information content (AvgIpc) is 3.31. The van der Waals surface area contributed by atoms with Crippen molar-refractivity contribution in [1.29, 1.82) is 0 Å². The lowest BCUT2D eigenvalue weighted by atomic mass is 10.2. The third kappa shape index (κ3) is 5.79. The smallest absolute Gasteiger partial charge is 0.319 e. The first kappa shape index (κ1) is 23.9. The lowest BCUT2D eigenvalue weighted by Crippen LogP contribution is -2.32. The largest absolute Gasteiger partial charge is 0.487 e. The van der Waals surface area contributed by atoms with Crippen LogP contribution in [0.4, 0.5) is 10.5 Å². The van der Waals surface area contributed by atoms with E-state index in [0.29, 0.717) is 32.8 Å².